The van der Waals surface area contributed by atoms with Crippen molar-refractivity contribution in [2.75, 3.05) is 0 Å². The minimum atomic E-state index is -4.21. The molecule has 35 heavy (non-hydrogen) atoms. The van der Waals surface area contributed by atoms with E-state index in [-0.39, 0.29) is 36.3 Å². The third kappa shape index (κ3) is 5.57. The maximum Gasteiger partial charge on any atom is 0.283 e. The van der Waals surface area contributed by atoms with Gasteiger partial charge in [0.2, 0.25) is 0 Å². The smallest absolute Gasteiger partial charge is 0.199 e. The Morgan fingerprint density at radius 3 is 1.37 bits per heavy atom. The van der Waals surface area contributed by atoms with Crippen LogP contribution >= 0.6 is 34.8 Å². The summed E-state index contributed by atoms with van der Waals surface area (Å²) < 4.78 is 60.1. The van der Waals surface area contributed by atoms with Crippen molar-refractivity contribution in [2.24, 2.45) is 8.80 Å². The summed E-state index contributed by atoms with van der Waals surface area (Å²) in [6.45, 7) is 10.4. The van der Waals surface area contributed by atoms with Gasteiger partial charge in [-0.1, -0.05) is 70.2 Å². The fourth-order valence-corrected chi connectivity index (χ4v) is 7.96. The van der Waals surface area contributed by atoms with Gasteiger partial charge in [-0.25, -0.2) is 0 Å². The Balaban J connectivity index is 2.14. The van der Waals surface area contributed by atoms with Gasteiger partial charge in [0.05, 0.1) is 30.6 Å². The third-order valence-electron chi connectivity index (χ3n) is 5.27. The van der Waals surface area contributed by atoms with Gasteiger partial charge < -0.3 is 0 Å². The zero-order valence-electron chi connectivity index (χ0n) is 19.9. The Morgan fingerprint density at radius 2 is 0.971 bits per heavy atom. The maximum absolute atomic E-state index is 13.1. The number of nitrogens with zero attached hydrogens (tertiary/aromatic N) is 2. The van der Waals surface area contributed by atoms with E-state index in [0.717, 1.165) is 17.2 Å². The van der Waals surface area contributed by atoms with E-state index in [9.17, 15) is 16.8 Å². The summed E-state index contributed by atoms with van der Waals surface area (Å²) in [5.41, 5.74) is 3.40. The Bertz CT molecular complexity index is 1550. The van der Waals surface area contributed by atoms with E-state index in [0.29, 0.717) is 22.3 Å². The minimum absolute atomic E-state index is 0.0352. The topological polar surface area (TPSA) is 93.0 Å². The van der Waals surface area contributed by atoms with E-state index in [1.807, 2.05) is 13.8 Å². The molecule has 0 aromatic heterocycles. The Morgan fingerprint density at radius 1 is 0.600 bits per heavy atom. The summed E-state index contributed by atoms with van der Waals surface area (Å²) in [5.74, 6) is 0. The fourth-order valence-electron chi connectivity index (χ4n) is 4.21. The molecule has 11 heteroatoms. The molecule has 6 nitrogen and oxygen atoms in total. The van der Waals surface area contributed by atoms with Gasteiger partial charge >= 0.3 is 0 Å². The Hall–Kier alpha value is -1.97. The van der Waals surface area contributed by atoms with Crippen LogP contribution in [0.1, 0.15) is 33.4 Å². The lowest BCUT2D eigenvalue weighted by Crippen LogP contribution is -2.17. The second-order valence-electron chi connectivity index (χ2n) is 8.44. The largest absolute Gasteiger partial charge is 0.283 e. The molecule has 0 saturated carbocycles. The van der Waals surface area contributed by atoms with Crippen molar-refractivity contribution in [1.82, 2.24) is 0 Å². The van der Waals surface area contributed by atoms with Crippen LogP contribution in [0, 0.1) is 41.5 Å². The van der Waals surface area contributed by atoms with Gasteiger partial charge in [-0.15, -0.1) is 0 Å². The van der Waals surface area contributed by atoms with Crippen LogP contribution in [-0.2, 0) is 20.0 Å². The summed E-state index contributed by atoms with van der Waals surface area (Å²) in [5, 5.41) is -0.818. The summed E-state index contributed by atoms with van der Waals surface area (Å²) in [4.78, 5) is 0.0843. The van der Waals surface area contributed by atoms with Crippen LogP contribution in [0.5, 0.6) is 0 Å². The molecule has 0 radical (unpaired) electrons. The fraction of sp³-hybridized carbons (Fsp3) is 0.250. The monoisotopic (exact) mass is 572 g/mol. The number of sulfonamides is 2. The molecule has 186 valence electrons. The highest BCUT2D eigenvalue weighted by Gasteiger charge is 2.29. The maximum atomic E-state index is 13.1. The number of rotatable bonds is 4. The van der Waals surface area contributed by atoms with E-state index in [1.165, 1.54) is 0 Å². The number of aryl methyl sites for hydroxylation is 6. The molecule has 2 aromatic rings. The number of hydrogen-bond donors (Lipinski definition) is 0. The molecule has 0 aliphatic heterocycles. The summed E-state index contributed by atoms with van der Waals surface area (Å²) in [7, 11) is -8.39. The number of halogens is 3. The number of allylic oxidation sites excluding steroid dienone is 4. The second kappa shape index (κ2) is 9.82. The quantitative estimate of drug-likeness (QED) is 0.400. The highest BCUT2D eigenvalue weighted by Crippen LogP contribution is 2.33. The standard InChI is InChI=1S/C24H23Cl3N2O4S2/c1-12-7-14(3)23(15(4)8-12)34(30,31)28-19-11-18(25)22(21(27)20(19)26)29-35(32,33)24-16(5)9-13(2)10-17(24)6/h7-11H,1-6H3. The normalized spacial score (nSPS) is 17.3. The second-order valence-corrected chi connectivity index (χ2v) is 12.7. The van der Waals surface area contributed by atoms with Gasteiger partial charge in [0.15, 0.2) is 0 Å². The lowest BCUT2D eigenvalue weighted by atomic mass is 10.1. The lowest BCUT2D eigenvalue weighted by molar-refractivity contribution is 0.595. The summed E-state index contributed by atoms with van der Waals surface area (Å²) in [6, 6.07) is 6.93. The molecule has 2 aromatic carbocycles. The van der Waals surface area contributed by atoms with Crippen molar-refractivity contribution in [3.05, 3.63) is 78.8 Å². The minimum Gasteiger partial charge on any atom is -0.199 e. The first-order valence-electron chi connectivity index (χ1n) is 10.3. The molecule has 0 fully saturated rings. The van der Waals surface area contributed by atoms with E-state index >= 15 is 0 Å². The molecule has 0 amide bonds. The highest BCUT2D eigenvalue weighted by atomic mass is 35.5. The van der Waals surface area contributed by atoms with Gasteiger partial charge in [0, 0.05) is 0 Å². The van der Waals surface area contributed by atoms with Gasteiger partial charge in [0.25, 0.3) is 20.0 Å². The summed E-state index contributed by atoms with van der Waals surface area (Å²) in [6.07, 6.45) is 1.13. The molecule has 0 unspecified atom stereocenters. The molecule has 0 heterocycles. The molecule has 1 aliphatic rings. The molecular formula is C24H23Cl3N2O4S2. The highest BCUT2D eigenvalue weighted by molar-refractivity contribution is 7.90. The molecule has 0 spiro atoms. The Kier molecular flexibility index (Phi) is 7.75. The zero-order valence-corrected chi connectivity index (χ0v) is 23.8. The molecule has 0 atom stereocenters. The first-order valence-corrected chi connectivity index (χ1v) is 14.4. The van der Waals surface area contributed by atoms with Crippen LogP contribution < -0.4 is 0 Å². The van der Waals surface area contributed by atoms with Crippen molar-refractivity contribution in [3.63, 3.8) is 0 Å². The van der Waals surface area contributed by atoms with Crippen LogP contribution in [0.2, 0.25) is 0 Å². The van der Waals surface area contributed by atoms with Crippen LogP contribution in [0.15, 0.2) is 64.0 Å². The first-order chi connectivity index (χ1) is 16.0. The Labute approximate surface area is 221 Å². The van der Waals surface area contributed by atoms with Crippen LogP contribution in [0.4, 0.5) is 0 Å². The van der Waals surface area contributed by atoms with Crippen LogP contribution in [0.25, 0.3) is 0 Å². The van der Waals surface area contributed by atoms with Gasteiger partial charge in [0.1, 0.15) is 5.71 Å². The van der Waals surface area contributed by atoms with Crippen molar-refractivity contribution in [2.45, 2.75) is 51.3 Å². The van der Waals surface area contributed by atoms with Gasteiger partial charge in [-0.3, -0.25) is 0 Å². The predicted molar refractivity (Wildman–Crippen MR) is 143 cm³/mol. The average molecular weight is 574 g/mol. The van der Waals surface area contributed by atoms with E-state index in [2.05, 4.69) is 8.80 Å². The number of hydrogen-bond acceptors (Lipinski definition) is 4. The molecular weight excluding hydrogens is 551 g/mol. The van der Waals surface area contributed by atoms with Crippen LogP contribution in [-0.4, -0.2) is 28.3 Å². The van der Waals surface area contributed by atoms with Crippen molar-refractivity contribution >= 4 is 66.3 Å². The number of benzene rings is 2. The van der Waals surface area contributed by atoms with Gasteiger partial charge in [-0.05, 0) is 69.9 Å². The van der Waals surface area contributed by atoms with Crippen molar-refractivity contribution in [1.29, 1.82) is 0 Å². The first kappa shape index (κ1) is 27.6. The van der Waals surface area contributed by atoms with Crippen molar-refractivity contribution in [3.8, 4) is 0 Å². The van der Waals surface area contributed by atoms with Crippen LogP contribution in [0.3, 0.4) is 0 Å². The average Bonchev–Trinajstić information content (AvgIpc) is 2.67. The zero-order chi connectivity index (χ0) is 26.5. The molecule has 0 bridgehead atoms. The van der Waals surface area contributed by atoms with Crippen molar-refractivity contribution < 1.29 is 16.8 Å². The van der Waals surface area contributed by atoms with E-state index in [1.54, 1.807) is 52.0 Å². The van der Waals surface area contributed by atoms with Gasteiger partial charge in [-0.2, -0.15) is 25.6 Å². The third-order valence-corrected chi connectivity index (χ3v) is 9.59. The van der Waals surface area contributed by atoms with E-state index in [4.69, 9.17) is 34.8 Å². The molecule has 1 aliphatic carbocycles. The predicted octanol–water partition coefficient (Wildman–Crippen LogP) is 6.32. The summed E-state index contributed by atoms with van der Waals surface area (Å²) >= 11 is 19.0. The molecule has 0 saturated heterocycles. The SMILES string of the molecule is Cc1cc(C)c(S(=O)(=O)N=C2C=C(Cl)C(=NS(=O)(=O)c3c(C)cc(C)cc3C)C(Cl)=C2Cl)c(C)c1. The molecule has 0 N–H and O–H groups in total. The lowest BCUT2D eigenvalue weighted by Gasteiger charge is -2.16. The van der Waals surface area contributed by atoms with E-state index < -0.39 is 20.0 Å². The molecule has 3 rings (SSSR count).